The fraction of sp³-hybridized carbons (Fsp3) is 0.562. The van der Waals surface area contributed by atoms with Crippen molar-refractivity contribution < 1.29 is 9.53 Å². The van der Waals surface area contributed by atoms with Crippen LogP contribution in [0.4, 0.5) is 0 Å². The molecule has 1 aromatic rings. The summed E-state index contributed by atoms with van der Waals surface area (Å²) in [5, 5.41) is 3.66. The minimum atomic E-state index is -1.06. The highest BCUT2D eigenvalue weighted by Gasteiger charge is 2.31. The Morgan fingerprint density at radius 3 is 2.27 bits per heavy atom. The van der Waals surface area contributed by atoms with Gasteiger partial charge < -0.3 is 15.0 Å². The van der Waals surface area contributed by atoms with Crippen molar-refractivity contribution in [3.63, 3.8) is 0 Å². The van der Waals surface area contributed by atoms with E-state index in [0.29, 0.717) is 22.3 Å². The molecule has 1 N–H and O–H groups in total. The number of amides is 1. The van der Waals surface area contributed by atoms with Gasteiger partial charge in [0.25, 0.3) is 5.91 Å². The number of halogens is 2. The summed E-state index contributed by atoms with van der Waals surface area (Å²) in [6.45, 7) is 10.9. The maximum Gasteiger partial charge on any atom is 0.263 e. The lowest BCUT2D eigenvalue weighted by Crippen LogP contribution is -2.48. The standard InChI is InChI=1S/C16H24Cl2N2O2/c1-5-20(6-2)11-10-19-15(21)16(3,4)22-14-12(17)8-7-9-13(14)18/h7-9H,5-6,10-11H2,1-4H3,(H,19,21). The van der Waals surface area contributed by atoms with Gasteiger partial charge in [-0.1, -0.05) is 43.1 Å². The molecule has 4 nitrogen and oxygen atoms in total. The van der Waals surface area contributed by atoms with E-state index in [2.05, 4.69) is 24.1 Å². The van der Waals surface area contributed by atoms with Crippen molar-refractivity contribution in [2.75, 3.05) is 26.2 Å². The van der Waals surface area contributed by atoms with E-state index in [4.69, 9.17) is 27.9 Å². The quantitative estimate of drug-likeness (QED) is 0.781. The minimum absolute atomic E-state index is 0.198. The number of hydrogen-bond acceptors (Lipinski definition) is 3. The molecule has 0 aliphatic rings. The van der Waals surface area contributed by atoms with E-state index in [1.807, 2.05) is 0 Å². The average molecular weight is 347 g/mol. The number of nitrogens with one attached hydrogen (secondary N) is 1. The van der Waals surface area contributed by atoms with E-state index in [1.54, 1.807) is 32.0 Å². The van der Waals surface area contributed by atoms with Crippen LogP contribution in [0.25, 0.3) is 0 Å². The highest BCUT2D eigenvalue weighted by molar-refractivity contribution is 6.37. The zero-order valence-electron chi connectivity index (χ0n) is 13.6. The first kappa shape index (κ1) is 19.1. The molecule has 0 aromatic heterocycles. The SMILES string of the molecule is CCN(CC)CCNC(=O)C(C)(C)Oc1c(Cl)cccc1Cl. The number of likely N-dealkylation sites (N-methyl/N-ethyl adjacent to an activating group) is 1. The van der Waals surface area contributed by atoms with E-state index in [-0.39, 0.29) is 5.91 Å². The van der Waals surface area contributed by atoms with Crippen LogP contribution in [-0.2, 0) is 4.79 Å². The van der Waals surface area contributed by atoms with Gasteiger partial charge in [-0.25, -0.2) is 0 Å². The minimum Gasteiger partial charge on any atom is -0.475 e. The number of para-hydroxylation sites is 1. The first-order valence-corrected chi connectivity index (χ1v) is 8.21. The molecule has 0 atom stereocenters. The van der Waals surface area contributed by atoms with Crippen molar-refractivity contribution >= 4 is 29.1 Å². The maximum atomic E-state index is 12.3. The molecule has 0 saturated carbocycles. The summed E-state index contributed by atoms with van der Waals surface area (Å²) in [6.07, 6.45) is 0. The van der Waals surface area contributed by atoms with Gasteiger partial charge in [0.15, 0.2) is 11.4 Å². The lowest BCUT2D eigenvalue weighted by molar-refractivity contribution is -0.134. The number of nitrogens with zero attached hydrogens (tertiary/aromatic N) is 1. The molecule has 0 unspecified atom stereocenters. The number of carbonyl (C=O) groups excluding carboxylic acids is 1. The summed E-state index contributed by atoms with van der Waals surface area (Å²) >= 11 is 12.2. The van der Waals surface area contributed by atoms with Crippen molar-refractivity contribution in [2.24, 2.45) is 0 Å². The van der Waals surface area contributed by atoms with Crippen LogP contribution in [0.15, 0.2) is 18.2 Å². The molecule has 0 saturated heterocycles. The lowest BCUT2D eigenvalue weighted by Gasteiger charge is -2.27. The smallest absolute Gasteiger partial charge is 0.263 e. The molecule has 1 amide bonds. The van der Waals surface area contributed by atoms with Crippen molar-refractivity contribution in [1.29, 1.82) is 0 Å². The van der Waals surface area contributed by atoms with Crippen LogP contribution in [0.3, 0.4) is 0 Å². The van der Waals surface area contributed by atoms with Gasteiger partial charge in [0.1, 0.15) is 0 Å². The monoisotopic (exact) mass is 346 g/mol. The summed E-state index contributed by atoms with van der Waals surface area (Å²) in [7, 11) is 0. The van der Waals surface area contributed by atoms with Crippen LogP contribution in [0.2, 0.25) is 10.0 Å². The molecule has 0 spiro atoms. The molecule has 0 radical (unpaired) electrons. The van der Waals surface area contributed by atoms with Crippen LogP contribution < -0.4 is 10.1 Å². The Morgan fingerprint density at radius 2 is 1.77 bits per heavy atom. The number of carbonyl (C=O) groups is 1. The van der Waals surface area contributed by atoms with Crippen molar-refractivity contribution in [3.8, 4) is 5.75 Å². The highest BCUT2D eigenvalue weighted by atomic mass is 35.5. The Hall–Kier alpha value is -0.970. The van der Waals surface area contributed by atoms with E-state index < -0.39 is 5.60 Å². The van der Waals surface area contributed by atoms with Gasteiger partial charge in [0.2, 0.25) is 0 Å². The van der Waals surface area contributed by atoms with Crippen LogP contribution >= 0.6 is 23.2 Å². The zero-order valence-corrected chi connectivity index (χ0v) is 15.1. The zero-order chi connectivity index (χ0) is 16.8. The molecule has 1 rings (SSSR count). The van der Waals surface area contributed by atoms with E-state index >= 15 is 0 Å². The van der Waals surface area contributed by atoms with Gasteiger partial charge in [-0.3, -0.25) is 4.79 Å². The van der Waals surface area contributed by atoms with Gasteiger partial charge in [-0.15, -0.1) is 0 Å². The fourth-order valence-corrected chi connectivity index (χ4v) is 2.44. The number of benzene rings is 1. The summed E-state index contributed by atoms with van der Waals surface area (Å²) < 4.78 is 5.75. The summed E-state index contributed by atoms with van der Waals surface area (Å²) in [5.41, 5.74) is -1.06. The molecule has 0 bridgehead atoms. The van der Waals surface area contributed by atoms with Crippen molar-refractivity contribution in [2.45, 2.75) is 33.3 Å². The van der Waals surface area contributed by atoms with Gasteiger partial charge >= 0.3 is 0 Å². The third-order valence-corrected chi connectivity index (χ3v) is 4.03. The molecular weight excluding hydrogens is 323 g/mol. The summed E-state index contributed by atoms with van der Waals surface area (Å²) in [5.74, 6) is 0.130. The van der Waals surface area contributed by atoms with Gasteiger partial charge in [-0.2, -0.15) is 0 Å². The first-order chi connectivity index (χ1) is 10.3. The first-order valence-electron chi connectivity index (χ1n) is 7.45. The van der Waals surface area contributed by atoms with Crippen LogP contribution in [0.5, 0.6) is 5.75 Å². The molecule has 0 heterocycles. The van der Waals surface area contributed by atoms with E-state index in [0.717, 1.165) is 19.6 Å². The van der Waals surface area contributed by atoms with E-state index in [9.17, 15) is 4.79 Å². The second kappa shape index (κ2) is 8.61. The Bertz CT molecular complexity index is 483. The van der Waals surface area contributed by atoms with Gasteiger partial charge in [0, 0.05) is 13.1 Å². The van der Waals surface area contributed by atoms with Gasteiger partial charge in [-0.05, 0) is 39.1 Å². The molecule has 6 heteroatoms. The Labute approximate surface area is 142 Å². The van der Waals surface area contributed by atoms with Crippen LogP contribution in [-0.4, -0.2) is 42.6 Å². The predicted molar refractivity (Wildman–Crippen MR) is 92.0 cm³/mol. The lowest BCUT2D eigenvalue weighted by atomic mass is 10.1. The third kappa shape index (κ3) is 5.34. The molecular formula is C16H24Cl2N2O2. The number of ether oxygens (including phenoxy) is 1. The molecule has 0 fully saturated rings. The molecule has 124 valence electrons. The molecule has 0 aliphatic carbocycles. The van der Waals surface area contributed by atoms with Gasteiger partial charge in [0.05, 0.1) is 10.0 Å². The second-order valence-electron chi connectivity index (χ2n) is 5.45. The van der Waals surface area contributed by atoms with Crippen LogP contribution in [0, 0.1) is 0 Å². The number of hydrogen-bond donors (Lipinski definition) is 1. The molecule has 1 aromatic carbocycles. The highest BCUT2D eigenvalue weighted by Crippen LogP contribution is 2.34. The average Bonchev–Trinajstić information content (AvgIpc) is 2.47. The number of rotatable bonds is 8. The summed E-state index contributed by atoms with van der Waals surface area (Å²) in [4.78, 5) is 14.5. The molecule has 0 aliphatic heterocycles. The Morgan fingerprint density at radius 1 is 1.23 bits per heavy atom. The molecule has 22 heavy (non-hydrogen) atoms. The fourth-order valence-electron chi connectivity index (χ4n) is 1.96. The van der Waals surface area contributed by atoms with Crippen molar-refractivity contribution in [1.82, 2.24) is 10.2 Å². The summed E-state index contributed by atoms with van der Waals surface area (Å²) in [6, 6.07) is 5.09. The normalized spacial score (nSPS) is 11.6. The predicted octanol–water partition coefficient (Wildman–Crippen LogP) is 3.61. The maximum absolute atomic E-state index is 12.3. The Balaban J connectivity index is 2.63. The Kier molecular flexibility index (Phi) is 7.46. The van der Waals surface area contributed by atoms with Crippen LogP contribution in [0.1, 0.15) is 27.7 Å². The second-order valence-corrected chi connectivity index (χ2v) is 6.26. The van der Waals surface area contributed by atoms with E-state index in [1.165, 1.54) is 0 Å². The van der Waals surface area contributed by atoms with Crippen molar-refractivity contribution in [3.05, 3.63) is 28.2 Å². The third-order valence-electron chi connectivity index (χ3n) is 3.43. The topological polar surface area (TPSA) is 41.6 Å². The largest absolute Gasteiger partial charge is 0.475 e.